The van der Waals surface area contributed by atoms with E-state index in [-0.39, 0.29) is 0 Å². The zero-order valence-electron chi connectivity index (χ0n) is 6.39. The molecule has 11 heavy (non-hydrogen) atoms. The van der Waals surface area contributed by atoms with Crippen molar-refractivity contribution in [1.29, 1.82) is 0 Å². The number of hydrogen-bond donors (Lipinski definition) is 1. The van der Waals surface area contributed by atoms with Crippen LogP contribution in [0.2, 0.25) is 0 Å². The van der Waals surface area contributed by atoms with Crippen molar-refractivity contribution in [3.63, 3.8) is 0 Å². The molecule has 1 aromatic rings. The summed E-state index contributed by atoms with van der Waals surface area (Å²) in [5.41, 5.74) is 2.72. The van der Waals surface area contributed by atoms with Gasteiger partial charge in [-0.15, -0.1) is 0 Å². The van der Waals surface area contributed by atoms with Crippen molar-refractivity contribution in [2.45, 2.75) is 19.4 Å². The van der Waals surface area contributed by atoms with Gasteiger partial charge in [-0.3, -0.25) is 0 Å². The fraction of sp³-hybridized carbons (Fsp3) is 0.333. The fourth-order valence-corrected chi connectivity index (χ4v) is 1.87. The molecule has 1 aromatic carbocycles. The lowest BCUT2D eigenvalue weighted by Crippen LogP contribution is -2.08. The maximum atomic E-state index is 3.44. The minimum Gasteiger partial charge on any atom is -0.382 e. The Bertz CT molecular complexity index is 283. The Morgan fingerprint density at radius 2 is 2.36 bits per heavy atom. The number of halogens is 1. The summed E-state index contributed by atoms with van der Waals surface area (Å²) in [7, 11) is 0. The van der Waals surface area contributed by atoms with Crippen LogP contribution in [0, 0.1) is 0 Å². The van der Waals surface area contributed by atoms with Gasteiger partial charge < -0.3 is 5.32 Å². The molecule has 2 rings (SSSR count). The predicted molar refractivity (Wildman–Crippen MR) is 50.9 cm³/mol. The SMILES string of the molecule is C[C@@H]1Cc2ccc(Br)cc2N1. The van der Waals surface area contributed by atoms with Crippen LogP contribution in [-0.4, -0.2) is 6.04 Å². The first-order valence-corrected chi connectivity index (χ1v) is 4.60. The summed E-state index contributed by atoms with van der Waals surface area (Å²) in [6.07, 6.45) is 1.16. The van der Waals surface area contributed by atoms with E-state index in [4.69, 9.17) is 0 Å². The van der Waals surface area contributed by atoms with E-state index < -0.39 is 0 Å². The highest BCUT2D eigenvalue weighted by Crippen LogP contribution is 2.28. The smallest absolute Gasteiger partial charge is 0.0386 e. The van der Waals surface area contributed by atoms with Gasteiger partial charge in [0.1, 0.15) is 0 Å². The first kappa shape index (κ1) is 7.17. The van der Waals surface area contributed by atoms with Gasteiger partial charge in [0.2, 0.25) is 0 Å². The van der Waals surface area contributed by atoms with E-state index in [1.54, 1.807) is 0 Å². The number of rotatable bonds is 0. The molecule has 0 aromatic heterocycles. The molecule has 1 nitrogen and oxygen atoms in total. The highest BCUT2D eigenvalue weighted by atomic mass is 79.9. The van der Waals surface area contributed by atoms with Gasteiger partial charge in [0, 0.05) is 16.2 Å². The Labute approximate surface area is 74.9 Å². The van der Waals surface area contributed by atoms with Gasteiger partial charge in [0.25, 0.3) is 0 Å². The lowest BCUT2D eigenvalue weighted by atomic mass is 10.1. The average molecular weight is 212 g/mol. The van der Waals surface area contributed by atoms with Crippen LogP contribution < -0.4 is 5.32 Å². The number of fused-ring (bicyclic) bond motifs is 1. The van der Waals surface area contributed by atoms with E-state index in [0.29, 0.717) is 6.04 Å². The average Bonchev–Trinajstić information content (AvgIpc) is 2.27. The fourth-order valence-electron chi connectivity index (χ4n) is 1.51. The highest BCUT2D eigenvalue weighted by Gasteiger charge is 2.15. The van der Waals surface area contributed by atoms with Crippen LogP contribution in [0.15, 0.2) is 22.7 Å². The van der Waals surface area contributed by atoms with E-state index in [1.165, 1.54) is 11.3 Å². The molecule has 1 aliphatic heterocycles. The molecule has 0 bridgehead atoms. The van der Waals surface area contributed by atoms with Gasteiger partial charge >= 0.3 is 0 Å². The van der Waals surface area contributed by atoms with Gasteiger partial charge in [0.15, 0.2) is 0 Å². The zero-order valence-corrected chi connectivity index (χ0v) is 7.98. The molecule has 0 radical (unpaired) electrons. The summed E-state index contributed by atoms with van der Waals surface area (Å²) in [5.74, 6) is 0. The van der Waals surface area contributed by atoms with E-state index in [0.717, 1.165) is 10.9 Å². The molecule has 1 aliphatic rings. The van der Waals surface area contributed by atoms with E-state index in [2.05, 4.69) is 46.4 Å². The maximum Gasteiger partial charge on any atom is 0.0386 e. The molecule has 0 aliphatic carbocycles. The largest absolute Gasteiger partial charge is 0.382 e. The van der Waals surface area contributed by atoms with Crippen molar-refractivity contribution in [2.75, 3.05) is 5.32 Å². The molecular formula is C9H10BrN. The van der Waals surface area contributed by atoms with E-state index in [9.17, 15) is 0 Å². The van der Waals surface area contributed by atoms with Gasteiger partial charge in [-0.1, -0.05) is 22.0 Å². The van der Waals surface area contributed by atoms with Gasteiger partial charge in [-0.05, 0) is 31.0 Å². The third kappa shape index (κ3) is 1.27. The van der Waals surface area contributed by atoms with Crippen molar-refractivity contribution < 1.29 is 0 Å². The monoisotopic (exact) mass is 211 g/mol. The summed E-state index contributed by atoms with van der Waals surface area (Å²) >= 11 is 3.44. The second kappa shape index (κ2) is 2.52. The summed E-state index contributed by atoms with van der Waals surface area (Å²) in [6, 6.07) is 7.01. The number of hydrogen-bond acceptors (Lipinski definition) is 1. The molecule has 2 heteroatoms. The third-order valence-electron chi connectivity index (χ3n) is 2.00. The normalized spacial score (nSPS) is 21.1. The molecule has 0 unspecified atom stereocenters. The Morgan fingerprint density at radius 1 is 1.55 bits per heavy atom. The Balaban J connectivity index is 2.43. The van der Waals surface area contributed by atoms with Crippen LogP contribution in [0.1, 0.15) is 12.5 Å². The van der Waals surface area contributed by atoms with Crippen molar-refractivity contribution in [2.24, 2.45) is 0 Å². The lowest BCUT2D eigenvalue weighted by Gasteiger charge is -2.01. The third-order valence-corrected chi connectivity index (χ3v) is 2.49. The molecule has 0 saturated carbocycles. The number of benzene rings is 1. The highest BCUT2D eigenvalue weighted by molar-refractivity contribution is 9.10. The minimum absolute atomic E-state index is 0.597. The second-order valence-electron chi connectivity index (χ2n) is 3.05. The maximum absolute atomic E-state index is 3.44. The lowest BCUT2D eigenvalue weighted by molar-refractivity contribution is 0.839. The van der Waals surface area contributed by atoms with E-state index in [1.807, 2.05) is 0 Å². The Morgan fingerprint density at radius 3 is 3.18 bits per heavy atom. The molecule has 1 N–H and O–H groups in total. The Kier molecular flexibility index (Phi) is 1.64. The molecular weight excluding hydrogens is 202 g/mol. The topological polar surface area (TPSA) is 12.0 Å². The molecule has 0 fully saturated rings. The van der Waals surface area contributed by atoms with Gasteiger partial charge in [0.05, 0.1) is 0 Å². The Hall–Kier alpha value is -0.500. The molecule has 0 saturated heterocycles. The quantitative estimate of drug-likeness (QED) is 0.697. The van der Waals surface area contributed by atoms with Crippen LogP contribution in [-0.2, 0) is 6.42 Å². The minimum atomic E-state index is 0.597. The number of nitrogens with one attached hydrogen (secondary N) is 1. The summed E-state index contributed by atoms with van der Waals surface area (Å²) in [4.78, 5) is 0. The second-order valence-corrected chi connectivity index (χ2v) is 3.97. The first-order chi connectivity index (χ1) is 5.25. The van der Waals surface area contributed by atoms with Crippen molar-refractivity contribution >= 4 is 21.6 Å². The molecule has 58 valence electrons. The van der Waals surface area contributed by atoms with Gasteiger partial charge in [-0.25, -0.2) is 0 Å². The zero-order chi connectivity index (χ0) is 7.84. The van der Waals surface area contributed by atoms with Crippen LogP contribution in [0.5, 0.6) is 0 Å². The first-order valence-electron chi connectivity index (χ1n) is 3.80. The predicted octanol–water partition coefficient (Wildman–Crippen LogP) is 2.81. The van der Waals surface area contributed by atoms with Crippen LogP contribution >= 0.6 is 15.9 Å². The standard InChI is InChI=1S/C9H10BrN/c1-6-4-7-2-3-8(10)5-9(7)11-6/h2-3,5-6,11H,4H2,1H3/t6-/m1/s1. The van der Waals surface area contributed by atoms with Crippen molar-refractivity contribution in [3.05, 3.63) is 28.2 Å². The van der Waals surface area contributed by atoms with E-state index >= 15 is 0 Å². The molecule has 0 spiro atoms. The van der Waals surface area contributed by atoms with Crippen molar-refractivity contribution in [1.82, 2.24) is 0 Å². The van der Waals surface area contributed by atoms with Crippen molar-refractivity contribution in [3.8, 4) is 0 Å². The summed E-state index contributed by atoms with van der Waals surface area (Å²) in [5, 5.41) is 3.41. The molecule has 1 heterocycles. The van der Waals surface area contributed by atoms with Crippen LogP contribution in [0.4, 0.5) is 5.69 Å². The van der Waals surface area contributed by atoms with Crippen LogP contribution in [0.3, 0.4) is 0 Å². The van der Waals surface area contributed by atoms with Crippen LogP contribution in [0.25, 0.3) is 0 Å². The summed E-state index contributed by atoms with van der Waals surface area (Å²) in [6.45, 7) is 2.20. The van der Waals surface area contributed by atoms with Gasteiger partial charge in [-0.2, -0.15) is 0 Å². The molecule has 0 amide bonds. The summed E-state index contributed by atoms with van der Waals surface area (Å²) < 4.78 is 1.15. The number of anilines is 1. The molecule has 1 atom stereocenters.